The molecule has 1 aromatic carbocycles. The van der Waals surface area contributed by atoms with Crippen molar-refractivity contribution in [2.24, 2.45) is 0 Å². The summed E-state index contributed by atoms with van der Waals surface area (Å²) in [6.45, 7) is 7.10. The van der Waals surface area contributed by atoms with Crippen LogP contribution in [0.4, 0.5) is 28.4 Å². The van der Waals surface area contributed by atoms with Gasteiger partial charge in [-0.2, -0.15) is 13.2 Å². The number of fused-ring (bicyclic) bond motifs is 1. The Morgan fingerprint density at radius 3 is 2.48 bits per heavy atom. The summed E-state index contributed by atoms with van der Waals surface area (Å²) in [5.41, 5.74) is -0.870. The van der Waals surface area contributed by atoms with E-state index in [-0.39, 0.29) is 25.1 Å². The second-order valence-electron chi connectivity index (χ2n) is 8.32. The molecule has 1 N–H and O–H groups in total. The normalized spacial score (nSPS) is 18.9. The molecule has 174 valence electrons. The molecular formula is C21H28ClF3N2O4. The average Bonchev–Trinajstić information content (AvgIpc) is 2.67. The Morgan fingerprint density at radius 1 is 1.26 bits per heavy atom. The summed E-state index contributed by atoms with van der Waals surface area (Å²) in [6.07, 6.45) is -4.94. The first-order valence-corrected chi connectivity index (χ1v) is 10.6. The zero-order valence-corrected chi connectivity index (χ0v) is 18.8. The lowest BCUT2D eigenvalue weighted by atomic mass is 9.83. The van der Waals surface area contributed by atoms with Crippen molar-refractivity contribution < 1.29 is 32.2 Å². The van der Waals surface area contributed by atoms with Crippen LogP contribution in [0.1, 0.15) is 57.6 Å². The number of hydrogen-bond acceptors (Lipinski definition) is 4. The van der Waals surface area contributed by atoms with Gasteiger partial charge in [-0.25, -0.2) is 9.59 Å². The summed E-state index contributed by atoms with van der Waals surface area (Å²) in [5.74, 6) is -0.328. The van der Waals surface area contributed by atoms with E-state index in [2.05, 4.69) is 5.32 Å². The minimum Gasteiger partial charge on any atom is -0.448 e. The molecular weight excluding hydrogens is 437 g/mol. The summed E-state index contributed by atoms with van der Waals surface area (Å²) >= 11 is 5.59. The summed E-state index contributed by atoms with van der Waals surface area (Å²) in [6, 6.07) is 2.95. The van der Waals surface area contributed by atoms with Gasteiger partial charge < -0.3 is 14.8 Å². The lowest BCUT2D eigenvalue weighted by molar-refractivity contribution is -0.137. The van der Waals surface area contributed by atoms with E-state index in [1.165, 1.54) is 11.0 Å². The number of nitrogens with one attached hydrogen (secondary N) is 1. The number of rotatable bonds is 5. The fourth-order valence-electron chi connectivity index (χ4n) is 3.54. The lowest BCUT2D eigenvalue weighted by Crippen LogP contribution is -2.47. The molecule has 0 spiro atoms. The predicted octanol–water partition coefficient (Wildman–Crippen LogP) is 5.68. The largest absolute Gasteiger partial charge is 0.448 e. The highest BCUT2D eigenvalue weighted by Crippen LogP contribution is 2.42. The molecule has 0 aliphatic carbocycles. The molecule has 0 fully saturated rings. The standard InChI is InChI=1S/C21H28ClF3N2O4/c1-5-15-10-13(12-26-18(28)31-20(2,3)4)16-11-14(21(23,24)25)6-7-17(16)27(15)19(29)30-9-8-22/h6-7,11,13,15H,5,8-10,12H2,1-4H3,(H,26,28)/t13-,15?/m1/s1. The monoisotopic (exact) mass is 464 g/mol. The highest BCUT2D eigenvalue weighted by molar-refractivity contribution is 6.18. The van der Waals surface area contributed by atoms with Crippen LogP contribution < -0.4 is 10.2 Å². The van der Waals surface area contributed by atoms with Crippen molar-refractivity contribution in [2.45, 2.75) is 64.3 Å². The SMILES string of the molecule is CCC1C[C@H](CNC(=O)OC(C)(C)C)c2cc(C(F)(F)F)ccc2N1C(=O)OCCCl. The topological polar surface area (TPSA) is 67.9 Å². The number of alkyl carbamates (subject to hydrolysis) is 1. The summed E-state index contributed by atoms with van der Waals surface area (Å²) in [4.78, 5) is 26.1. The molecule has 0 saturated carbocycles. The van der Waals surface area contributed by atoms with E-state index in [0.717, 1.165) is 12.1 Å². The van der Waals surface area contributed by atoms with Crippen LogP contribution in [0, 0.1) is 0 Å². The zero-order chi connectivity index (χ0) is 23.4. The first kappa shape index (κ1) is 25.1. The molecule has 0 radical (unpaired) electrons. The zero-order valence-electron chi connectivity index (χ0n) is 18.0. The minimum atomic E-state index is -4.54. The van der Waals surface area contributed by atoms with Crippen LogP contribution in [0.5, 0.6) is 0 Å². The third-order valence-corrected chi connectivity index (χ3v) is 4.99. The fourth-order valence-corrected chi connectivity index (χ4v) is 3.62. The molecule has 2 amide bonds. The maximum Gasteiger partial charge on any atom is 0.416 e. The Balaban J connectivity index is 2.39. The smallest absolute Gasteiger partial charge is 0.416 e. The van der Waals surface area contributed by atoms with E-state index in [4.69, 9.17) is 21.1 Å². The lowest BCUT2D eigenvalue weighted by Gasteiger charge is -2.40. The van der Waals surface area contributed by atoms with Gasteiger partial charge in [0.15, 0.2) is 0 Å². The number of carbonyl (C=O) groups is 2. The van der Waals surface area contributed by atoms with Crippen molar-refractivity contribution in [1.82, 2.24) is 5.32 Å². The van der Waals surface area contributed by atoms with Crippen molar-refractivity contribution in [3.63, 3.8) is 0 Å². The van der Waals surface area contributed by atoms with Gasteiger partial charge in [-0.15, -0.1) is 11.6 Å². The molecule has 0 aromatic heterocycles. The van der Waals surface area contributed by atoms with Crippen molar-refractivity contribution in [2.75, 3.05) is 23.9 Å². The van der Waals surface area contributed by atoms with Crippen LogP contribution in [0.15, 0.2) is 18.2 Å². The Bertz CT molecular complexity index is 796. The maximum absolute atomic E-state index is 13.3. The third kappa shape index (κ3) is 6.66. The van der Waals surface area contributed by atoms with Gasteiger partial charge in [0.1, 0.15) is 12.2 Å². The second kappa shape index (κ2) is 9.97. The minimum absolute atomic E-state index is 0.00702. The molecule has 1 unspecified atom stereocenters. The van der Waals surface area contributed by atoms with Crippen LogP contribution in [0.3, 0.4) is 0 Å². The van der Waals surface area contributed by atoms with E-state index >= 15 is 0 Å². The Kier molecular flexibility index (Phi) is 8.08. The fraction of sp³-hybridized carbons (Fsp3) is 0.619. The van der Waals surface area contributed by atoms with E-state index in [1.807, 2.05) is 6.92 Å². The summed E-state index contributed by atoms with van der Waals surface area (Å²) in [5, 5.41) is 2.64. The van der Waals surface area contributed by atoms with Gasteiger partial charge in [0.2, 0.25) is 0 Å². The number of alkyl halides is 4. The number of halogens is 4. The first-order valence-electron chi connectivity index (χ1n) is 10.1. The molecule has 1 aliphatic heterocycles. The van der Waals surface area contributed by atoms with Crippen LogP contribution in [-0.4, -0.2) is 42.9 Å². The molecule has 2 atom stereocenters. The summed E-state index contributed by atoms with van der Waals surface area (Å²) < 4.78 is 50.4. The Hall–Kier alpha value is -2.16. The second-order valence-corrected chi connectivity index (χ2v) is 8.70. The number of hydrogen-bond donors (Lipinski definition) is 1. The van der Waals surface area contributed by atoms with Gasteiger partial charge in [0.25, 0.3) is 0 Å². The number of benzene rings is 1. The van der Waals surface area contributed by atoms with Crippen molar-refractivity contribution in [3.8, 4) is 0 Å². The maximum atomic E-state index is 13.3. The number of anilines is 1. The van der Waals surface area contributed by atoms with E-state index in [9.17, 15) is 22.8 Å². The third-order valence-electron chi connectivity index (χ3n) is 4.84. The van der Waals surface area contributed by atoms with Crippen LogP contribution in [0.25, 0.3) is 0 Å². The summed E-state index contributed by atoms with van der Waals surface area (Å²) in [7, 11) is 0. The first-order chi connectivity index (χ1) is 14.4. The quantitative estimate of drug-likeness (QED) is 0.569. The van der Waals surface area contributed by atoms with Gasteiger partial charge >= 0.3 is 18.4 Å². The highest BCUT2D eigenvalue weighted by Gasteiger charge is 2.39. The Labute approximate surface area is 185 Å². The highest BCUT2D eigenvalue weighted by atomic mass is 35.5. The van der Waals surface area contributed by atoms with Gasteiger partial charge in [-0.3, -0.25) is 4.90 Å². The number of ether oxygens (including phenoxy) is 2. The molecule has 0 bridgehead atoms. The van der Waals surface area contributed by atoms with Crippen LogP contribution >= 0.6 is 11.6 Å². The van der Waals surface area contributed by atoms with Crippen LogP contribution in [-0.2, 0) is 15.7 Å². The number of amides is 2. The van der Waals surface area contributed by atoms with Gasteiger partial charge in [-0.1, -0.05) is 6.92 Å². The van der Waals surface area contributed by atoms with E-state index < -0.39 is 35.4 Å². The Morgan fingerprint density at radius 2 is 1.94 bits per heavy atom. The number of nitrogens with zero attached hydrogens (tertiary/aromatic N) is 1. The van der Waals surface area contributed by atoms with Gasteiger partial charge in [0.05, 0.1) is 17.1 Å². The number of carbonyl (C=O) groups excluding carboxylic acids is 2. The van der Waals surface area contributed by atoms with E-state index in [0.29, 0.717) is 24.1 Å². The van der Waals surface area contributed by atoms with Crippen molar-refractivity contribution >= 4 is 29.5 Å². The molecule has 2 rings (SSSR count). The predicted molar refractivity (Wildman–Crippen MR) is 112 cm³/mol. The van der Waals surface area contributed by atoms with Crippen molar-refractivity contribution in [1.29, 1.82) is 0 Å². The molecule has 0 saturated heterocycles. The van der Waals surface area contributed by atoms with Crippen LogP contribution in [0.2, 0.25) is 0 Å². The van der Waals surface area contributed by atoms with E-state index in [1.54, 1.807) is 20.8 Å². The average molecular weight is 465 g/mol. The molecule has 31 heavy (non-hydrogen) atoms. The molecule has 1 aliphatic rings. The molecule has 6 nitrogen and oxygen atoms in total. The van der Waals surface area contributed by atoms with Gasteiger partial charge in [0, 0.05) is 18.5 Å². The molecule has 10 heteroatoms. The van der Waals surface area contributed by atoms with Crippen molar-refractivity contribution in [3.05, 3.63) is 29.3 Å². The molecule has 1 heterocycles. The molecule has 1 aromatic rings. The van der Waals surface area contributed by atoms with Gasteiger partial charge in [-0.05, 0) is 57.4 Å².